The van der Waals surface area contributed by atoms with Crippen LogP contribution >= 0.6 is 0 Å². The van der Waals surface area contributed by atoms with Crippen LogP contribution in [0, 0.1) is 0 Å². The number of nitrogens with zero attached hydrogens (tertiary/aromatic N) is 7. The minimum Gasteiger partial charge on any atom is -0.442 e. The molecular weight excluding hydrogens is 318 g/mol. The lowest BCUT2D eigenvalue weighted by molar-refractivity contribution is 0.541. The maximum atomic E-state index is 5.63. The fraction of sp³-hybridized carbons (Fsp3) is 0. The second-order valence-corrected chi connectivity index (χ2v) is 4.86. The van der Waals surface area contributed by atoms with Gasteiger partial charge in [-0.25, -0.2) is 4.98 Å². The first-order valence-electron chi connectivity index (χ1n) is 6.72. The number of fused-ring (bicyclic) bond motifs is 4. The van der Waals surface area contributed by atoms with Gasteiger partial charge in [0.05, 0.1) is 0 Å². The highest BCUT2D eigenvalue weighted by Crippen LogP contribution is 2.27. The van der Waals surface area contributed by atoms with E-state index < -0.39 is 0 Å². The Balaban J connectivity index is 1.58. The largest absolute Gasteiger partial charge is 0.442 e. The highest BCUT2D eigenvalue weighted by Gasteiger charge is 2.19. The summed E-state index contributed by atoms with van der Waals surface area (Å²) in [6.45, 7) is 0. The molecule has 0 aliphatic heterocycles. The molecule has 24 heavy (non-hydrogen) atoms. The second kappa shape index (κ2) is 3.90. The molecule has 0 fully saturated rings. The number of oxazole rings is 4. The molecule has 6 heterocycles. The van der Waals surface area contributed by atoms with Crippen LogP contribution in [0.1, 0.15) is 0 Å². The van der Waals surface area contributed by atoms with E-state index in [4.69, 9.17) is 17.7 Å². The standard InChI is InChI=1S/C13H3N7O4/c1-4-6(14-2-21-4)16-7-5(1)23-12(18-7)13-19-9-11(24-13)20-10-8(17-9)15-3-22-10/h1-3H. The van der Waals surface area contributed by atoms with Crippen molar-refractivity contribution in [1.29, 1.82) is 0 Å². The summed E-state index contributed by atoms with van der Waals surface area (Å²) < 4.78 is 21.4. The fourth-order valence-electron chi connectivity index (χ4n) is 2.36. The van der Waals surface area contributed by atoms with Gasteiger partial charge in [-0.15, -0.1) is 0 Å². The van der Waals surface area contributed by atoms with Gasteiger partial charge in [0.2, 0.25) is 22.6 Å². The van der Waals surface area contributed by atoms with Gasteiger partial charge in [0, 0.05) is 6.07 Å². The molecule has 6 rings (SSSR count). The third kappa shape index (κ3) is 1.47. The summed E-state index contributed by atoms with van der Waals surface area (Å²) in [5.74, 6) is 0.273. The quantitative estimate of drug-likeness (QED) is 0.439. The molecule has 0 aromatic carbocycles. The Morgan fingerprint density at radius 1 is 0.583 bits per heavy atom. The van der Waals surface area contributed by atoms with Gasteiger partial charge in [-0.2, -0.15) is 29.9 Å². The van der Waals surface area contributed by atoms with Crippen molar-refractivity contribution in [2.45, 2.75) is 0 Å². The molecule has 0 aliphatic rings. The van der Waals surface area contributed by atoms with Gasteiger partial charge in [0.25, 0.3) is 23.2 Å². The highest BCUT2D eigenvalue weighted by atomic mass is 16.4. The van der Waals surface area contributed by atoms with E-state index in [0.717, 1.165) is 0 Å². The molecule has 6 aromatic heterocycles. The molecule has 0 radical (unpaired) electrons. The molecule has 0 amide bonds. The molecule has 0 atom stereocenters. The average molecular weight is 321 g/mol. The summed E-state index contributed by atoms with van der Waals surface area (Å²) in [7, 11) is 0. The summed E-state index contributed by atoms with van der Waals surface area (Å²) in [5, 5.41) is 0. The topological polar surface area (TPSA) is 143 Å². The number of hydrogen-bond donors (Lipinski definition) is 0. The zero-order chi connectivity index (χ0) is 15.7. The number of aromatic nitrogens is 7. The van der Waals surface area contributed by atoms with Crippen molar-refractivity contribution in [3.63, 3.8) is 0 Å². The van der Waals surface area contributed by atoms with E-state index in [1.807, 2.05) is 0 Å². The summed E-state index contributed by atoms with van der Waals surface area (Å²) in [4.78, 5) is 28.9. The van der Waals surface area contributed by atoms with Crippen LogP contribution in [0.15, 0.2) is 36.5 Å². The second-order valence-electron chi connectivity index (χ2n) is 4.86. The van der Waals surface area contributed by atoms with Crippen molar-refractivity contribution < 1.29 is 17.7 Å². The number of hydrogen-bond acceptors (Lipinski definition) is 11. The molecule has 0 saturated carbocycles. The Kier molecular flexibility index (Phi) is 1.89. The molecule has 0 spiro atoms. The molecule has 11 nitrogen and oxygen atoms in total. The zero-order valence-corrected chi connectivity index (χ0v) is 11.5. The van der Waals surface area contributed by atoms with Crippen LogP contribution in [-0.4, -0.2) is 34.9 Å². The van der Waals surface area contributed by atoms with Crippen molar-refractivity contribution in [1.82, 2.24) is 34.9 Å². The Morgan fingerprint density at radius 2 is 1.38 bits per heavy atom. The zero-order valence-electron chi connectivity index (χ0n) is 11.5. The molecule has 0 aliphatic carbocycles. The molecule has 0 bridgehead atoms. The van der Waals surface area contributed by atoms with E-state index >= 15 is 0 Å². The van der Waals surface area contributed by atoms with Crippen LogP contribution in [0.2, 0.25) is 0 Å². The van der Waals surface area contributed by atoms with Crippen molar-refractivity contribution in [3.05, 3.63) is 18.9 Å². The Labute approximate surface area is 129 Å². The lowest BCUT2D eigenvalue weighted by atomic mass is 10.4. The summed E-state index contributed by atoms with van der Waals surface area (Å²) in [5.41, 5.74) is 2.80. The van der Waals surface area contributed by atoms with Crippen LogP contribution in [0.4, 0.5) is 0 Å². The lowest BCUT2D eigenvalue weighted by Crippen LogP contribution is -1.82. The van der Waals surface area contributed by atoms with Crippen LogP contribution in [0.3, 0.4) is 0 Å². The van der Waals surface area contributed by atoms with Gasteiger partial charge in [0.15, 0.2) is 24.0 Å². The average Bonchev–Trinajstić information content (AvgIpc) is 3.33. The first-order chi connectivity index (χ1) is 11.8. The van der Waals surface area contributed by atoms with E-state index in [1.54, 1.807) is 6.07 Å². The van der Waals surface area contributed by atoms with Crippen molar-refractivity contribution in [2.75, 3.05) is 0 Å². The lowest BCUT2D eigenvalue weighted by Gasteiger charge is -1.84. The Bertz CT molecular complexity index is 1170. The van der Waals surface area contributed by atoms with Gasteiger partial charge in [-0.05, 0) is 0 Å². The molecule has 114 valence electrons. The van der Waals surface area contributed by atoms with E-state index in [0.29, 0.717) is 28.1 Å². The molecular formula is C13H3N7O4. The maximum Gasteiger partial charge on any atom is 0.287 e. The van der Waals surface area contributed by atoms with E-state index in [-0.39, 0.29) is 28.9 Å². The predicted octanol–water partition coefficient (Wildman–Crippen LogP) is 2.10. The minimum absolute atomic E-state index is 0.125. The molecule has 0 N–H and O–H groups in total. The van der Waals surface area contributed by atoms with Crippen molar-refractivity contribution >= 4 is 45.2 Å². The van der Waals surface area contributed by atoms with Crippen LogP contribution in [0.5, 0.6) is 0 Å². The van der Waals surface area contributed by atoms with Gasteiger partial charge < -0.3 is 17.7 Å². The first-order valence-corrected chi connectivity index (χ1v) is 6.72. The van der Waals surface area contributed by atoms with Gasteiger partial charge in [-0.3, -0.25) is 0 Å². The Hall–Kier alpha value is -3.89. The van der Waals surface area contributed by atoms with Crippen molar-refractivity contribution in [3.8, 4) is 11.8 Å². The smallest absolute Gasteiger partial charge is 0.287 e. The monoisotopic (exact) mass is 321 g/mol. The SMILES string of the molecule is c1nc2nc3nc(-c4nc5nc6ncoc6nc5o4)oc3cc2o1. The van der Waals surface area contributed by atoms with Crippen LogP contribution < -0.4 is 0 Å². The maximum absolute atomic E-state index is 5.63. The van der Waals surface area contributed by atoms with E-state index in [2.05, 4.69) is 34.9 Å². The summed E-state index contributed by atoms with van der Waals surface area (Å²) in [6, 6.07) is 1.65. The summed E-state index contributed by atoms with van der Waals surface area (Å²) in [6.07, 6.45) is 2.56. The van der Waals surface area contributed by atoms with E-state index in [1.165, 1.54) is 12.8 Å². The van der Waals surface area contributed by atoms with Gasteiger partial charge >= 0.3 is 0 Å². The van der Waals surface area contributed by atoms with Crippen molar-refractivity contribution in [2.24, 2.45) is 0 Å². The predicted molar refractivity (Wildman–Crippen MR) is 75.5 cm³/mol. The summed E-state index contributed by atoms with van der Waals surface area (Å²) >= 11 is 0. The third-order valence-corrected chi connectivity index (χ3v) is 3.40. The van der Waals surface area contributed by atoms with Crippen LogP contribution in [0.25, 0.3) is 57.0 Å². The number of pyridine rings is 1. The minimum atomic E-state index is 0.125. The number of rotatable bonds is 1. The fourth-order valence-corrected chi connectivity index (χ4v) is 2.36. The van der Waals surface area contributed by atoms with Gasteiger partial charge in [-0.1, -0.05) is 0 Å². The highest BCUT2D eigenvalue weighted by molar-refractivity contribution is 5.83. The normalized spacial score (nSPS) is 12.2. The molecule has 0 unspecified atom stereocenters. The first kappa shape index (κ1) is 11.6. The van der Waals surface area contributed by atoms with Gasteiger partial charge in [0.1, 0.15) is 0 Å². The molecule has 11 heteroatoms. The van der Waals surface area contributed by atoms with Crippen LogP contribution in [-0.2, 0) is 0 Å². The molecule has 6 aromatic rings. The third-order valence-electron chi connectivity index (χ3n) is 3.40. The molecule has 0 saturated heterocycles. The van der Waals surface area contributed by atoms with E-state index in [9.17, 15) is 0 Å². The Morgan fingerprint density at radius 3 is 2.38 bits per heavy atom.